The van der Waals surface area contributed by atoms with Crippen molar-refractivity contribution in [2.45, 2.75) is 27.7 Å². The predicted molar refractivity (Wildman–Crippen MR) is 64.8 cm³/mol. The summed E-state index contributed by atoms with van der Waals surface area (Å²) in [6.45, 7) is 9.79. The summed E-state index contributed by atoms with van der Waals surface area (Å²) >= 11 is 0. The largest absolute Gasteiger partial charge is 0.465 e. The quantitative estimate of drug-likeness (QED) is 0.798. The Morgan fingerprint density at radius 1 is 1.06 bits per heavy atom. The first kappa shape index (κ1) is 13.8. The number of carbonyl (C=O) groups excluding carboxylic acids is 1. The van der Waals surface area contributed by atoms with Crippen LogP contribution < -0.4 is 0 Å². The summed E-state index contributed by atoms with van der Waals surface area (Å²) < 4.78 is 0. The number of carboxylic acid groups (broad SMARTS) is 1. The molecule has 1 rings (SSSR count). The minimum absolute atomic E-state index is 0.123. The van der Waals surface area contributed by atoms with Gasteiger partial charge in [0.2, 0.25) is 5.91 Å². The van der Waals surface area contributed by atoms with Gasteiger partial charge in [0.1, 0.15) is 0 Å². The third-order valence-electron chi connectivity index (χ3n) is 3.83. The molecule has 0 unspecified atom stereocenters. The SMILES string of the molecule is CC(C)C(C)(C)C(=O)N1CCN(C(=O)O)CC1. The zero-order valence-corrected chi connectivity index (χ0v) is 11.1. The van der Waals surface area contributed by atoms with Crippen LogP contribution in [0.4, 0.5) is 4.79 Å². The first-order valence-electron chi connectivity index (χ1n) is 6.04. The molecule has 0 aliphatic carbocycles. The monoisotopic (exact) mass is 242 g/mol. The van der Waals surface area contributed by atoms with Crippen LogP contribution in [0.15, 0.2) is 0 Å². The Morgan fingerprint density at radius 3 is 1.82 bits per heavy atom. The van der Waals surface area contributed by atoms with Crippen LogP contribution in [-0.2, 0) is 4.79 Å². The first-order chi connectivity index (χ1) is 7.76. The average Bonchev–Trinajstić information content (AvgIpc) is 2.27. The van der Waals surface area contributed by atoms with E-state index in [9.17, 15) is 9.59 Å². The van der Waals surface area contributed by atoms with Crippen LogP contribution in [0, 0.1) is 11.3 Å². The van der Waals surface area contributed by atoms with Gasteiger partial charge in [-0.1, -0.05) is 27.7 Å². The third-order valence-corrected chi connectivity index (χ3v) is 3.83. The Balaban J connectivity index is 2.60. The van der Waals surface area contributed by atoms with Gasteiger partial charge in [0.15, 0.2) is 0 Å². The van der Waals surface area contributed by atoms with Crippen molar-refractivity contribution in [2.24, 2.45) is 11.3 Å². The zero-order chi connectivity index (χ0) is 13.2. The molecule has 1 aliphatic heterocycles. The van der Waals surface area contributed by atoms with E-state index in [1.165, 1.54) is 4.90 Å². The normalized spacial score (nSPS) is 17.5. The van der Waals surface area contributed by atoms with Gasteiger partial charge < -0.3 is 14.9 Å². The van der Waals surface area contributed by atoms with E-state index in [0.29, 0.717) is 26.2 Å². The number of nitrogens with zero attached hydrogens (tertiary/aromatic N) is 2. The summed E-state index contributed by atoms with van der Waals surface area (Å²) in [4.78, 5) is 26.2. The van der Waals surface area contributed by atoms with Crippen molar-refractivity contribution in [1.82, 2.24) is 9.80 Å². The maximum absolute atomic E-state index is 12.3. The van der Waals surface area contributed by atoms with Crippen molar-refractivity contribution < 1.29 is 14.7 Å². The van der Waals surface area contributed by atoms with E-state index >= 15 is 0 Å². The van der Waals surface area contributed by atoms with Gasteiger partial charge in [-0.05, 0) is 5.92 Å². The standard InChI is InChI=1S/C12H22N2O3/c1-9(2)12(3,4)10(15)13-5-7-14(8-6-13)11(16)17/h9H,5-8H2,1-4H3,(H,16,17). The molecule has 0 radical (unpaired) electrons. The molecule has 0 aromatic carbocycles. The summed E-state index contributed by atoms with van der Waals surface area (Å²) in [5.41, 5.74) is -0.384. The number of piperazine rings is 1. The molecule has 1 aliphatic rings. The van der Waals surface area contributed by atoms with Crippen molar-refractivity contribution in [3.05, 3.63) is 0 Å². The Hall–Kier alpha value is -1.26. The fourth-order valence-corrected chi connectivity index (χ4v) is 1.76. The molecule has 17 heavy (non-hydrogen) atoms. The number of hydrogen-bond acceptors (Lipinski definition) is 2. The molecular formula is C12H22N2O3. The van der Waals surface area contributed by atoms with Gasteiger partial charge >= 0.3 is 6.09 Å². The first-order valence-corrected chi connectivity index (χ1v) is 6.04. The van der Waals surface area contributed by atoms with E-state index in [4.69, 9.17) is 5.11 Å². The Kier molecular flexibility index (Phi) is 4.01. The van der Waals surface area contributed by atoms with Crippen molar-refractivity contribution >= 4 is 12.0 Å². The molecular weight excluding hydrogens is 220 g/mol. The second kappa shape index (κ2) is 4.94. The fourth-order valence-electron chi connectivity index (χ4n) is 1.76. The Bertz CT molecular complexity index is 305. The molecule has 5 nitrogen and oxygen atoms in total. The van der Waals surface area contributed by atoms with Crippen molar-refractivity contribution in [3.63, 3.8) is 0 Å². The van der Waals surface area contributed by atoms with Crippen molar-refractivity contribution in [1.29, 1.82) is 0 Å². The van der Waals surface area contributed by atoms with E-state index in [0.717, 1.165) is 0 Å². The van der Waals surface area contributed by atoms with Crippen LogP contribution >= 0.6 is 0 Å². The number of amides is 2. The highest BCUT2D eigenvalue weighted by Gasteiger charge is 2.36. The molecule has 2 amide bonds. The number of carbonyl (C=O) groups is 2. The average molecular weight is 242 g/mol. The summed E-state index contributed by atoms with van der Waals surface area (Å²) in [5, 5.41) is 8.83. The van der Waals surface area contributed by atoms with Crippen LogP contribution in [0.3, 0.4) is 0 Å². The van der Waals surface area contributed by atoms with E-state index in [2.05, 4.69) is 0 Å². The Morgan fingerprint density at radius 2 is 1.47 bits per heavy atom. The second-order valence-electron chi connectivity index (χ2n) is 5.44. The van der Waals surface area contributed by atoms with E-state index < -0.39 is 6.09 Å². The zero-order valence-electron chi connectivity index (χ0n) is 11.1. The third kappa shape index (κ3) is 2.90. The van der Waals surface area contributed by atoms with Crippen LogP contribution in [0.1, 0.15) is 27.7 Å². The van der Waals surface area contributed by atoms with Gasteiger partial charge in [0.25, 0.3) is 0 Å². The number of hydrogen-bond donors (Lipinski definition) is 1. The second-order valence-corrected chi connectivity index (χ2v) is 5.44. The van der Waals surface area contributed by atoms with Gasteiger partial charge in [-0.3, -0.25) is 4.79 Å². The highest BCUT2D eigenvalue weighted by molar-refractivity contribution is 5.82. The maximum Gasteiger partial charge on any atom is 0.407 e. The van der Waals surface area contributed by atoms with E-state index in [1.807, 2.05) is 27.7 Å². The number of rotatable bonds is 2. The van der Waals surface area contributed by atoms with Crippen LogP contribution in [-0.4, -0.2) is 53.1 Å². The lowest BCUT2D eigenvalue weighted by atomic mass is 9.79. The van der Waals surface area contributed by atoms with Gasteiger partial charge in [-0.2, -0.15) is 0 Å². The molecule has 0 bridgehead atoms. The molecule has 1 heterocycles. The molecule has 5 heteroatoms. The molecule has 1 fully saturated rings. The van der Waals surface area contributed by atoms with Crippen LogP contribution in [0.25, 0.3) is 0 Å². The molecule has 98 valence electrons. The summed E-state index contributed by atoms with van der Waals surface area (Å²) in [5.74, 6) is 0.394. The van der Waals surface area contributed by atoms with Gasteiger partial charge in [-0.15, -0.1) is 0 Å². The topological polar surface area (TPSA) is 60.9 Å². The smallest absolute Gasteiger partial charge is 0.407 e. The lowest BCUT2D eigenvalue weighted by Gasteiger charge is -2.39. The predicted octanol–water partition coefficient (Wildman–Crippen LogP) is 1.49. The van der Waals surface area contributed by atoms with Crippen LogP contribution in [0.2, 0.25) is 0 Å². The van der Waals surface area contributed by atoms with Gasteiger partial charge in [0.05, 0.1) is 0 Å². The molecule has 0 spiro atoms. The molecule has 0 aromatic rings. The van der Waals surface area contributed by atoms with Crippen molar-refractivity contribution in [2.75, 3.05) is 26.2 Å². The lowest BCUT2D eigenvalue weighted by Crippen LogP contribution is -2.54. The minimum Gasteiger partial charge on any atom is -0.465 e. The molecule has 1 N–H and O–H groups in total. The lowest BCUT2D eigenvalue weighted by molar-refractivity contribution is -0.144. The van der Waals surface area contributed by atoms with E-state index in [1.54, 1.807) is 4.90 Å². The summed E-state index contributed by atoms with van der Waals surface area (Å²) in [7, 11) is 0. The van der Waals surface area contributed by atoms with E-state index in [-0.39, 0.29) is 17.2 Å². The molecule has 0 saturated carbocycles. The maximum atomic E-state index is 12.3. The highest BCUT2D eigenvalue weighted by atomic mass is 16.4. The summed E-state index contributed by atoms with van der Waals surface area (Å²) in [6, 6.07) is 0. The molecule has 0 aromatic heterocycles. The highest BCUT2D eigenvalue weighted by Crippen LogP contribution is 2.28. The van der Waals surface area contributed by atoms with Gasteiger partial charge in [0, 0.05) is 31.6 Å². The molecule has 1 saturated heterocycles. The molecule has 0 atom stereocenters. The van der Waals surface area contributed by atoms with Crippen LogP contribution in [0.5, 0.6) is 0 Å². The fraction of sp³-hybridized carbons (Fsp3) is 0.833. The summed E-state index contributed by atoms with van der Waals surface area (Å²) in [6.07, 6.45) is -0.903. The Labute approximate surface area is 102 Å². The minimum atomic E-state index is -0.903. The van der Waals surface area contributed by atoms with Crippen molar-refractivity contribution in [3.8, 4) is 0 Å². The van der Waals surface area contributed by atoms with Gasteiger partial charge in [-0.25, -0.2) is 4.79 Å².